The van der Waals surface area contributed by atoms with Crippen molar-refractivity contribution < 1.29 is 14.7 Å². The summed E-state index contributed by atoms with van der Waals surface area (Å²) in [5.41, 5.74) is 4.65. The number of hydrogen-bond donors (Lipinski definition) is 2. The highest BCUT2D eigenvalue weighted by Crippen LogP contribution is 2.71. The first-order chi connectivity index (χ1) is 6.44. The molecule has 1 aliphatic carbocycles. The second-order valence-corrected chi connectivity index (χ2v) is 5.94. The van der Waals surface area contributed by atoms with Gasteiger partial charge in [-0.3, -0.25) is 4.79 Å². The summed E-state index contributed by atoms with van der Waals surface area (Å²) in [4.78, 5) is 24.1. The van der Waals surface area contributed by atoms with Crippen molar-refractivity contribution in [3.8, 4) is 0 Å². The average Bonchev–Trinajstić information content (AvgIpc) is 2.65. The SMILES string of the molecule is C[C@]12C[C@@]1(C(=O)O)N1C(=O)[C@@H](N)[C@H]1S2. The van der Waals surface area contributed by atoms with E-state index in [-0.39, 0.29) is 16.0 Å². The summed E-state index contributed by atoms with van der Waals surface area (Å²) in [6, 6.07) is -0.499. The standard InChI is InChI=1S/C8H10N2O3S/c1-7-2-8(7,6(12)13)10-4(11)3(9)5(10)14-7/h3,5H,2,9H2,1H3,(H,12,13)/t3-,5-,7+,8+/m1/s1. The maximum absolute atomic E-state index is 11.5. The highest BCUT2D eigenvalue weighted by Gasteiger charge is 2.84. The molecule has 2 heterocycles. The van der Waals surface area contributed by atoms with Crippen LogP contribution >= 0.6 is 11.8 Å². The van der Waals surface area contributed by atoms with Crippen molar-refractivity contribution in [2.24, 2.45) is 5.73 Å². The van der Waals surface area contributed by atoms with Gasteiger partial charge in [0, 0.05) is 6.42 Å². The van der Waals surface area contributed by atoms with Gasteiger partial charge in [-0.05, 0) is 6.92 Å². The number of thioether (sulfide) groups is 1. The van der Waals surface area contributed by atoms with Gasteiger partial charge in [-0.25, -0.2) is 4.79 Å². The van der Waals surface area contributed by atoms with Crippen LogP contribution < -0.4 is 5.73 Å². The molecular formula is C8H10N2O3S. The molecular weight excluding hydrogens is 204 g/mol. The third kappa shape index (κ3) is 0.577. The third-order valence-corrected chi connectivity index (χ3v) is 5.32. The van der Waals surface area contributed by atoms with Crippen LogP contribution in [0.25, 0.3) is 0 Å². The molecule has 3 aliphatic rings. The number of β-lactam (4-membered cyclic amide) rings is 1. The van der Waals surface area contributed by atoms with Gasteiger partial charge in [0.05, 0.1) is 4.75 Å². The van der Waals surface area contributed by atoms with Crippen LogP contribution in [-0.4, -0.2) is 43.6 Å². The predicted octanol–water partition coefficient (Wildman–Crippen LogP) is -0.785. The Balaban J connectivity index is 2.03. The van der Waals surface area contributed by atoms with Crippen molar-refractivity contribution in [3.63, 3.8) is 0 Å². The van der Waals surface area contributed by atoms with E-state index in [9.17, 15) is 9.59 Å². The molecule has 14 heavy (non-hydrogen) atoms. The fraction of sp³-hybridized carbons (Fsp3) is 0.750. The molecule has 0 aromatic carbocycles. The Hall–Kier alpha value is -0.750. The number of nitrogens with two attached hydrogens (primary N) is 1. The van der Waals surface area contributed by atoms with Gasteiger partial charge in [0.1, 0.15) is 11.4 Å². The zero-order valence-electron chi connectivity index (χ0n) is 7.56. The molecule has 2 saturated heterocycles. The Labute approximate surface area is 84.6 Å². The number of aliphatic carboxylic acids is 1. The summed E-state index contributed by atoms with van der Waals surface area (Å²) in [6.45, 7) is 1.89. The summed E-state index contributed by atoms with van der Waals surface area (Å²) < 4.78 is -0.312. The van der Waals surface area contributed by atoms with Crippen molar-refractivity contribution >= 4 is 23.6 Å². The molecule has 0 bridgehead atoms. The molecule has 3 N–H and O–H groups in total. The van der Waals surface area contributed by atoms with Gasteiger partial charge in [-0.2, -0.15) is 0 Å². The minimum atomic E-state index is -0.949. The molecule has 1 saturated carbocycles. The van der Waals surface area contributed by atoms with E-state index in [1.807, 2.05) is 6.92 Å². The van der Waals surface area contributed by atoms with Crippen molar-refractivity contribution in [2.75, 3.05) is 0 Å². The fourth-order valence-electron chi connectivity index (χ4n) is 2.61. The molecule has 0 aromatic rings. The zero-order chi connectivity index (χ0) is 10.3. The topological polar surface area (TPSA) is 83.6 Å². The molecule has 0 radical (unpaired) electrons. The number of fused-ring (bicyclic) bond motifs is 3. The Morgan fingerprint density at radius 2 is 2.43 bits per heavy atom. The van der Waals surface area contributed by atoms with E-state index in [0.717, 1.165) is 0 Å². The van der Waals surface area contributed by atoms with E-state index >= 15 is 0 Å². The monoisotopic (exact) mass is 214 g/mol. The van der Waals surface area contributed by atoms with Crippen molar-refractivity contribution in [1.82, 2.24) is 4.90 Å². The van der Waals surface area contributed by atoms with E-state index in [4.69, 9.17) is 10.8 Å². The first-order valence-electron chi connectivity index (χ1n) is 4.44. The van der Waals surface area contributed by atoms with E-state index in [2.05, 4.69) is 0 Å². The summed E-state index contributed by atoms with van der Waals surface area (Å²) in [6.07, 6.45) is 0.551. The Bertz CT molecular complexity index is 374. The molecule has 1 amide bonds. The van der Waals surface area contributed by atoms with Crippen LogP contribution in [0.4, 0.5) is 0 Å². The van der Waals surface area contributed by atoms with Crippen LogP contribution in [0.15, 0.2) is 0 Å². The number of hydrogen-bond acceptors (Lipinski definition) is 4. The van der Waals surface area contributed by atoms with Crippen molar-refractivity contribution in [1.29, 1.82) is 0 Å². The highest BCUT2D eigenvalue weighted by atomic mass is 32.2. The molecule has 3 fully saturated rings. The van der Waals surface area contributed by atoms with E-state index in [1.165, 1.54) is 16.7 Å². The Kier molecular flexibility index (Phi) is 1.19. The van der Waals surface area contributed by atoms with Gasteiger partial charge in [0.2, 0.25) is 5.91 Å². The molecule has 6 heteroatoms. The summed E-state index contributed by atoms with van der Waals surface area (Å²) in [7, 11) is 0. The quantitative estimate of drug-likeness (QED) is 0.559. The largest absolute Gasteiger partial charge is 0.479 e. The first-order valence-corrected chi connectivity index (χ1v) is 5.32. The van der Waals surface area contributed by atoms with Crippen molar-refractivity contribution in [2.45, 2.75) is 35.0 Å². The second kappa shape index (κ2) is 1.94. The van der Waals surface area contributed by atoms with Gasteiger partial charge in [0.25, 0.3) is 0 Å². The molecule has 2 aliphatic heterocycles. The average molecular weight is 214 g/mol. The molecule has 0 spiro atoms. The van der Waals surface area contributed by atoms with Gasteiger partial charge < -0.3 is 15.7 Å². The predicted molar refractivity (Wildman–Crippen MR) is 49.6 cm³/mol. The lowest BCUT2D eigenvalue weighted by atomic mass is 10.0. The van der Waals surface area contributed by atoms with Gasteiger partial charge in [0.15, 0.2) is 5.54 Å². The molecule has 3 rings (SSSR count). The van der Waals surface area contributed by atoms with E-state index in [0.29, 0.717) is 6.42 Å². The number of rotatable bonds is 1. The smallest absolute Gasteiger partial charge is 0.331 e. The summed E-state index contributed by atoms with van der Waals surface area (Å²) in [5.74, 6) is -1.11. The Morgan fingerprint density at radius 1 is 1.79 bits per heavy atom. The molecule has 0 unspecified atom stereocenters. The number of nitrogens with zero attached hydrogens (tertiary/aromatic N) is 1. The minimum Gasteiger partial charge on any atom is -0.479 e. The van der Waals surface area contributed by atoms with Crippen LogP contribution in [0.2, 0.25) is 0 Å². The molecule has 0 aromatic heterocycles. The van der Waals surface area contributed by atoms with Crippen LogP contribution in [0, 0.1) is 0 Å². The van der Waals surface area contributed by atoms with Crippen LogP contribution in [0.3, 0.4) is 0 Å². The van der Waals surface area contributed by atoms with Gasteiger partial charge in [-0.15, -0.1) is 11.8 Å². The fourth-order valence-corrected chi connectivity index (χ4v) is 4.47. The lowest BCUT2D eigenvalue weighted by molar-refractivity contribution is -0.161. The normalized spacial score (nSPS) is 53.6. The lowest BCUT2D eigenvalue weighted by Gasteiger charge is -2.43. The van der Waals surface area contributed by atoms with Gasteiger partial charge in [-0.1, -0.05) is 0 Å². The number of carboxylic acid groups (broad SMARTS) is 1. The maximum atomic E-state index is 11.5. The molecule has 76 valence electrons. The second-order valence-electron chi connectivity index (χ2n) is 4.32. The van der Waals surface area contributed by atoms with Crippen LogP contribution in [0.1, 0.15) is 13.3 Å². The van der Waals surface area contributed by atoms with Crippen molar-refractivity contribution in [3.05, 3.63) is 0 Å². The maximum Gasteiger partial charge on any atom is 0.331 e. The molecule has 5 nitrogen and oxygen atoms in total. The van der Waals surface area contributed by atoms with Crippen LogP contribution in [-0.2, 0) is 9.59 Å². The minimum absolute atomic E-state index is 0.114. The van der Waals surface area contributed by atoms with E-state index < -0.39 is 17.6 Å². The van der Waals surface area contributed by atoms with E-state index in [1.54, 1.807) is 0 Å². The number of amides is 1. The summed E-state index contributed by atoms with van der Waals surface area (Å²) in [5, 5.41) is 9.04. The molecule has 4 atom stereocenters. The lowest BCUT2D eigenvalue weighted by Crippen LogP contribution is -2.70. The Morgan fingerprint density at radius 3 is 3.00 bits per heavy atom. The zero-order valence-corrected chi connectivity index (χ0v) is 8.37. The number of carboxylic acids is 1. The summed E-state index contributed by atoms with van der Waals surface area (Å²) >= 11 is 1.53. The van der Waals surface area contributed by atoms with Crippen LogP contribution in [0.5, 0.6) is 0 Å². The number of carbonyl (C=O) groups is 2. The third-order valence-electron chi connectivity index (χ3n) is 3.57. The van der Waals surface area contributed by atoms with Gasteiger partial charge >= 0.3 is 5.97 Å². The highest BCUT2D eigenvalue weighted by molar-refractivity contribution is 8.02. The number of carbonyl (C=O) groups excluding carboxylic acids is 1. The first kappa shape index (κ1) is 8.55.